The van der Waals surface area contributed by atoms with E-state index in [1.54, 1.807) is 11.8 Å². The minimum Gasteiger partial charge on any atom is -0.302 e. The molecular formula is C20H17ClN2O2S2. The highest BCUT2D eigenvalue weighted by molar-refractivity contribution is 7.99. The van der Waals surface area contributed by atoms with Crippen molar-refractivity contribution in [2.45, 2.75) is 18.2 Å². The van der Waals surface area contributed by atoms with E-state index in [1.807, 2.05) is 54.6 Å². The van der Waals surface area contributed by atoms with Gasteiger partial charge in [0.1, 0.15) is 0 Å². The number of aromatic nitrogens is 1. The molecule has 2 aromatic carbocycles. The van der Waals surface area contributed by atoms with Crippen LogP contribution in [0.2, 0.25) is 5.02 Å². The van der Waals surface area contributed by atoms with Crippen molar-refractivity contribution >= 4 is 51.5 Å². The molecule has 0 bridgehead atoms. The number of amides is 1. The van der Waals surface area contributed by atoms with E-state index in [-0.39, 0.29) is 11.7 Å². The summed E-state index contributed by atoms with van der Waals surface area (Å²) in [5.41, 5.74) is 1.47. The molecule has 1 heterocycles. The largest absolute Gasteiger partial charge is 0.302 e. The van der Waals surface area contributed by atoms with E-state index in [4.69, 9.17) is 11.6 Å². The van der Waals surface area contributed by atoms with Gasteiger partial charge in [-0.3, -0.25) is 9.59 Å². The number of nitrogens with one attached hydrogen (secondary N) is 1. The van der Waals surface area contributed by atoms with Crippen LogP contribution in [0.5, 0.6) is 0 Å². The fourth-order valence-electron chi connectivity index (χ4n) is 2.38. The van der Waals surface area contributed by atoms with Gasteiger partial charge < -0.3 is 5.32 Å². The zero-order valence-electron chi connectivity index (χ0n) is 14.6. The van der Waals surface area contributed by atoms with Gasteiger partial charge in [0.15, 0.2) is 10.9 Å². The number of thioether (sulfide) groups is 1. The molecule has 7 heteroatoms. The number of thiazole rings is 1. The molecule has 0 fully saturated rings. The Hall–Kier alpha value is -2.15. The topological polar surface area (TPSA) is 59.1 Å². The van der Waals surface area contributed by atoms with Crippen LogP contribution in [0, 0.1) is 0 Å². The molecule has 1 aromatic heterocycles. The third kappa shape index (κ3) is 5.42. The molecule has 3 aromatic rings. The Bertz CT molecular complexity index is 940. The summed E-state index contributed by atoms with van der Waals surface area (Å²) in [6.45, 7) is 1.51. The Morgan fingerprint density at radius 2 is 1.81 bits per heavy atom. The molecule has 0 saturated carbocycles. The summed E-state index contributed by atoms with van der Waals surface area (Å²) in [4.78, 5) is 30.2. The maximum atomic E-state index is 12.2. The van der Waals surface area contributed by atoms with Crippen molar-refractivity contribution in [1.29, 1.82) is 0 Å². The minimum absolute atomic E-state index is 0.0647. The van der Waals surface area contributed by atoms with Gasteiger partial charge in [-0.2, -0.15) is 0 Å². The van der Waals surface area contributed by atoms with Crippen molar-refractivity contribution in [3.05, 3.63) is 64.5 Å². The van der Waals surface area contributed by atoms with Crippen molar-refractivity contribution in [3.8, 4) is 11.3 Å². The molecule has 27 heavy (non-hydrogen) atoms. The molecule has 0 atom stereocenters. The van der Waals surface area contributed by atoms with Crippen LogP contribution >= 0.6 is 34.7 Å². The first kappa shape index (κ1) is 19.6. The summed E-state index contributed by atoms with van der Waals surface area (Å²) in [7, 11) is 0. The zero-order valence-corrected chi connectivity index (χ0v) is 17.0. The fourth-order valence-corrected chi connectivity index (χ4v) is 4.25. The number of carbonyl (C=O) groups excluding carboxylic acids is 2. The van der Waals surface area contributed by atoms with Crippen molar-refractivity contribution in [3.63, 3.8) is 0 Å². The predicted octanol–water partition coefficient (Wildman–Crippen LogP) is 5.79. The molecule has 0 radical (unpaired) electrons. The summed E-state index contributed by atoms with van der Waals surface area (Å²) in [6.07, 6.45) is 0.350. The lowest BCUT2D eigenvalue weighted by Crippen LogP contribution is -2.11. The van der Waals surface area contributed by atoms with Gasteiger partial charge in [0.05, 0.1) is 10.6 Å². The van der Waals surface area contributed by atoms with E-state index in [9.17, 15) is 9.59 Å². The lowest BCUT2D eigenvalue weighted by atomic mass is 10.1. The van der Waals surface area contributed by atoms with Crippen LogP contribution in [-0.4, -0.2) is 22.4 Å². The molecule has 0 saturated heterocycles. The molecule has 4 nitrogen and oxygen atoms in total. The number of ketones is 1. The molecule has 0 unspecified atom stereocenters. The summed E-state index contributed by atoms with van der Waals surface area (Å²) in [5, 5.41) is 3.94. The van der Waals surface area contributed by atoms with Crippen molar-refractivity contribution in [1.82, 2.24) is 4.98 Å². The lowest BCUT2D eigenvalue weighted by Gasteiger charge is -2.02. The molecular weight excluding hydrogens is 400 g/mol. The highest BCUT2D eigenvalue weighted by Crippen LogP contribution is 2.31. The van der Waals surface area contributed by atoms with Gasteiger partial charge in [-0.1, -0.05) is 53.3 Å². The van der Waals surface area contributed by atoms with E-state index in [1.165, 1.54) is 18.3 Å². The SMILES string of the molecule is CC(=O)c1sc(NC(=O)CCSc2ccc(Cl)cc2)nc1-c1ccccc1. The van der Waals surface area contributed by atoms with Gasteiger partial charge in [0, 0.05) is 34.6 Å². The van der Waals surface area contributed by atoms with Crippen LogP contribution in [0.1, 0.15) is 23.0 Å². The number of nitrogens with zero attached hydrogens (tertiary/aromatic N) is 1. The van der Waals surface area contributed by atoms with Gasteiger partial charge in [-0.05, 0) is 24.3 Å². The number of Topliss-reactive ketones (excluding diaryl/α,β-unsaturated/α-hetero) is 1. The average Bonchev–Trinajstić information content (AvgIpc) is 3.08. The smallest absolute Gasteiger partial charge is 0.226 e. The van der Waals surface area contributed by atoms with Gasteiger partial charge in [-0.15, -0.1) is 11.8 Å². The first-order chi connectivity index (χ1) is 13.0. The van der Waals surface area contributed by atoms with Crippen LogP contribution in [0.4, 0.5) is 5.13 Å². The summed E-state index contributed by atoms with van der Waals surface area (Å²) >= 11 is 8.66. The Morgan fingerprint density at radius 1 is 1.11 bits per heavy atom. The second kappa shape index (κ2) is 9.17. The number of hydrogen-bond acceptors (Lipinski definition) is 5. The van der Waals surface area contributed by atoms with E-state index in [2.05, 4.69) is 10.3 Å². The maximum Gasteiger partial charge on any atom is 0.226 e. The van der Waals surface area contributed by atoms with Gasteiger partial charge in [-0.25, -0.2) is 4.98 Å². The maximum absolute atomic E-state index is 12.2. The average molecular weight is 417 g/mol. The van der Waals surface area contributed by atoms with Crippen LogP contribution in [-0.2, 0) is 4.79 Å². The monoisotopic (exact) mass is 416 g/mol. The van der Waals surface area contributed by atoms with Crippen LogP contribution < -0.4 is 5.32 Å². The van der Waals surface area contributed by atoms with E-state index >= 15 is 0 Å². The van der Waals surface area contributed by atoms with Gasteiger partial charge >= 0.3 is 0 Å². The Balaban J connectivity index is 1.62. The van der Waals surface area contributed by atoms with Gasteiger partial charge in [0.2, 0.25) is 5.91 Å². The number of hydrogen-bond donors (Lipinski definition) is 1. The van der Waals surface area contributed by atoms with Crippen molar-refractivity contribution in [2.24, 2.45) is 0 Å². The highest BCUT2D eigenvalue weighted by Gasteiger charge is 2.17. The molecule has 0 aliphatic heterocycles. The number of benzene rings is 2. The van der Waals surface area contributed by atoms with Crippen LogP contribution in [0.15, 0.2) is 59.5 Å². The van der Waals surface area contributed by atoms with E-state index in [0.717, 1.165) is 10.5 Å². The summed E-state index contributed by atoms with van der Waals surface area (Å²) < 4.78 is 0. The van der Waals surface area contributed by atoms with Crippen molar-refractivity contribution in [2.75, 3.05) is 11.1 Å². The molecule has 1 amide bonds. The Kier molecular flexibility index (Phi) is 6.66. The minimum atomic E-state index is -0.125. The predicted molar refractivity (Wildman–Crippen MR) is 113 cm³/mol. The standard InChI is InChI=1S/C20H17ClN2O2S2/c1-13(24)19-18(14-5-3-2-4-6-14)23-20(27-19)22-17(25)11-12-26-16-9-7-15(21)8-10-16/h2-10H,11-12H2,1H3,(H,22,23,25). The number of halogens is 1. The molecule has 0 aliphatic carbocycles. The van der Waals surface area contributed by atoms with Crippen LogP contribution in [0.3, 0.4) is 0 Å². The Labute approximate surface area is 171 Å². The molecule has 1 N–H and O–H groups in total. The fraction of sp³-hybridized carbons (Fsp3) is 0.150. The molecule has 0 spiro atoms. The summed E-state index contributed by atoms with van der Waals surface area (Å²) in [5.74, 6) is 0.453. The highest BCUT2D eigenvalue weighted by atomic mass is 35.5. The normalized spacial score (nSPS) is 10.6. The first-order valence-corrected chi connectivity index (χ1v) is 10.5. The number of rotatable bonds is 7. The lowest BCUT2D eigenvalue weighted by molar-refractivity contribution is -0.115. The summed E-state index contributed by atoms with van der Waals surface area (Å²) in [6, 6.07) is 17.0. The first-order valence-electron chi connectivity index (χ1n) is 8.28. The molecule has 3 rings (SSSR count). The quantitative estimate of drug-likeness (QED) is 0.391. The zero-order chi connectivity index (χ0) is 19.2. The van der Waals surface area contributed by atoms with Crippen LogP contribution in [0.25, 0.3) is 11.3 Å². The van der Waals surface area contributed by atoms with E-state index in [0.29, 0.717) is 32.9 Å². The second-order valence-corrected chi connectivity index (χ2v) is 8.32. The van der Waals surface area contributed by atoms with Crippen molar-refractivity contribution < 1.29 is 9.59 Å². The second-order valence-electron chi connectivity index (χ2n) is 5.72. The third-order valence-corrected chi connectivity index (χ3v) is 5.99. The van der Waals surface area contributed by atoms with E-state index < -0.39 is 0 Å². The Morgan fingerprint density at radius 3 is 2.48 bits per heavy atom. The van der Waals surface area contributed by atoms with Gasteiger partial charge in [0.25, 0.3) is 0 Å². The number of carbonyl (C=O) groups is 2. The molecule has 138 valence electrons. The third-order valence-electron chi connectivity index (χ3n) is 3.65. The molecule has 0 aliphatic rings. The number of anilines is 1.